The Hall–Kier alpha value is -1.62. The zero-order valence-electron chi connectivity index (χ0n) is 14.6. The average Bonchev–Trinajstić information content (AvgIpc) is 3.07. The predicted octanol–water partition coefficient (Wildman–Crippen LogP) is 4.76. The van der Waals surface area contributed by atoms with Crippen molar-refractivity contribution in [3.05, 3.63) is 69.5 Å². The number of rotatable bonds is 5. The Morgan fingerprint density at radius 2 is 1.85 bits per heavy atom. The van der Waals surface area contributed by atoms with Gasteiger partial charge in [0, 0.05) is 35.7 Å². The van der Waals surface area contributed by atoms with Crippen LogP contribution in [0.3, 0.4) is 0 Å². The average molecular weight is 395 g/mol. The fourth-order valence-electron chi connectivity index (χ4n) is 3.37. The van der Waals surface area contributed by atoms with Gasteiger partial charge in [0.05, 0.1) is 6.04 Å². The van der Waals surface area contributed by atoms with Gasteiger partial charge in [0.2, 0.25) is 5.91 Å². The summed E-state index contributed by atoms with van der Waals surface area (Å²) in [5.74, 6) is -0.195. The second-order valence-electron chi connectivity index (χ2n) is 6.65. The first-order valence-electron chi connectivity index (χ1n) is 8.62. The van der Waals surface area contributed by atoms with E-state index in [0.29, 0.717) is 23.1 Å². The van der Waals surface area contributed by atoms with Crippen molar-refractivity contribution < 1.29 is 9.18 Å². The molecular weight excluding hydrogens is 374 g/mol. The van der Waals surface area contributed by atoms with Crippen molar-refractivity contribution in [1.29, 1.82) is 0 Å². The number of nitrogens with zero attached hydrogens (tertiary/aromatic N) is 2. The molecule has 0 aliphatic carbocycles. The Morgan fingerprint density at radius 3 is 2.50 bits per heavy atom. The molecule has 0 aromatic heterocycles. The van der Waals surface area contributed by atoms with Crippen LogP contribution in [0.1, 0.15) is 24.0 Å². The van der Waals surface area contributed by atoms with E-state index >= 15 is 0 Å². The van der Waals surface area contributed by atoms with Gasteiger partial charge >= 0.3 is 0 Å². The molecule has 0 N–H and O–H groups in total. The van der Waals surface area contributed by atoms with Crippen LogP contribution < -0.4 is 0 Å². The van der Waals surface area contributed by atoms with E-state index in [0.717, 1.165) is 30.5 Å². The van der Waals surface area contributed by atoms with Crippen molar-refractivity contribution in [2.75, 3.05) is 13.6 Å². The molecule has 1 saturated heterocycles. The molecule has 0 saturated carbocycles. The van der Waals surface area contributed by atoms with Crippen LogP contribution in [-0.2, 0) is 17.9 Å². The second-order valence-corrected chi connectivity index (χ2v) is 7.46. The molecule has 1 aliphatic rings. The molecule has 1 amide bonds. The molecule has 0 spiro atoms. The zero-order chi connectivity index (χ0) is 18.7. The highest BCUT2D eigenvalue weighted by atomic mass is 35.5. The lowest BCUT2D eigenvalue weighted by molar-refractivity contribution is -0.135. The summed E-state index contributed by atoms with van der Waals surface area (Å²) in [5.41, 5.74) is 1.76. The first kappa shape index (κ1) is 19.2. The number of carbonyl (C=O) groups excluding carboxylic acids is 1. The van der Waals surface area contributed by atoms with Crippen molar-refractivity contribution >= 4 is 29.1 Å². The Bertz CT molecular complexity index is 762. The van der Waals surface area contributed by atoms with E-state index in [4.69, 9.17) is 23.2 Å². The SMILES string of the molecule is CN(Cc1c(Cl)cccc1Cl)C(=O)C1CCCN1Cc1ccc(F)cc1. The van der Waals surface area contributed by atoms with Gasteiger partial charge in [0.15, 0.2) is 0 Å². The van der Waals surface area contributed by atoms with Crippen molar-refractivity contribution in [3.63, 3.8) is 0 Å². The maximum absolute atomic E-state index is 13.1. The van der Waals surface area contributed by atoms with Crippen LogP contribution in [0.2, 0.25) is 10.0 Å². The molecule has 0 bridgehead atoms. The maximum Gasteiger partial charge on any atom is 0.239 e. The highest BCUT2D eigenvalue weighted by Crippen LogP contribution is 2.27. The number of benzene rings is 2. The summed E-state index contributed by atoms with van der Waals surface area (Å²) in [4.78, 5) is 16.8. The third-order valence-electron chi connectivity index (χ3n) is 4.78. The first-order chi connectivity index (χ1) is 12.5. The number of carbonyl (C=O) groups is 1. The monoisotopic (exact) mass is 394 g/mol. The van der Waals surface area contributed by atoms with Crippen LogP contribution in [0.15, 0.2) is 42.5 Å². The lowest BCUT2D eigenvalue weighted by atomic mass is 10.1. The van der Waals surface area contributed by atoms with Gasteiger partial charge in [-0.3, -0.25) is 9.69 Å². The minimum Gasteiger partial charge on any atom is -0.340 e. The Kier molecular flexibility index (Phi) is 6.17. The molecule has 3 nitrogen and oxygen atoms in total. The van der Waals surface area contributed by atoms with Crippen molar-refractivity contribution in [3.8, 4) is 0 Å². The van der Waals surface area contributed by atoms with Gasteiger partial charge < -0.3 is 4.90 Å². The van der Waals surface area contributed by atoms with Crippen molar-refractivity contribution in [2.24, 2.45) is 0 Å². The lowest BCUT2D eigenvalue weighted by Crippen LogP contribution is -2.43. The Morgan fingerprint density at radius 1 is 1.19 bits per heavy atom. The molecule has 1 heterocycles. The van der Waals surface area contributed by atoms with E-state index in [-0.39, 0.29) is 17.8 Å². The number of halogens is 3. The number of hydrogen-bond acceptors (Lipinski definition) is 2. The summed E-state index contributed by atoms with van der Waals surface area (Å²) in [6.45, 7) is 1.87. The van der Waals surface area contributed by atoms with E-state index in [2.05, 4.69) is 4.90 Å². The van der Waals surface area contributed by atoms with Gasteiger partial charge in [0.25, 0.3) is 0 Å². The van der Waals surface area contributed by atoms with Crippen molar-refractivity contribution in [1.82, 2.24) is 9.80 Å². The van der Waals surface area contributed by atoms with Crippen LogP contribution in [-0.4, -0.2) is 35.3 Å². The molecule has 1 unspecified atom stereocenters. The van der Waals surface area contributed by atoms with E-state index in [1.807, 2.05) is 0 Å². The largest absolute Gasteiger partial charge is 0.340 e. The summed E-state index contributed by atoms with van der Waals surface area (Å²) in [6.07, 6.45) is 1.79. The third kappa shape index (κ3) is 4.37. The van der Waals surface area contributed by atoms with Gasteiger partial charge in [-0.1, -0.05) is 41.4 Å². The van der Waals surface area contributed by atoms with Gasteiger partial charge in [-0.25, -0.2) is 4.39 Å². The Balaban J connectivity index is 1.68. The quantitative estimate of drug-likeness (QED) is 0.729. The van der Waals surface area contributed by atoms with E-state index < -0.39 is 0 Å². The fourth-order valence-corrected chi connectivity index (χ4v) is 3.89. The van der Waals surface area contributed by atoms with Gasteiger partial charge in [-0.2, -0.15) is 0 Å². The fraction of sp³-hybridized carbons (Fsp3) is 0.350. The number of likely N-dealkylation sites (tertiary alicyclic amines) is 1. The number of likely N-dealkylation sites (N-methyl/N-ethyl adjacent to an activating group) is 1. The minimum absolute atomic E-state index is 0.0561. The molecule has 0 radical (unpaired) electrons. The molecular formula is C20H21Cl2FN2O. The van der Waals surface area contributed by atoms with Gasteiger partial charge in [-0.15, -0.1) is 0 Å². The second kappa shape index (κ2) is 8.38. The summed E-state index contributed by atoms with van der Waals surface area (Å²) < 4.78 is 13.1. The Labute approximate surface area is 163 Å². The maximum atomic E-state index is 13.1. The van der Waals surface area contributed by atoms with Gasteiger partial charge in [-0.05, 0) is 49.2 Å². The molecule has 6 heteroatoms. The molecule has 1 fully saturated rings. The molecule has 3 rings (SSSR count). The van der Waals surface area contributed by atoms with E-state index in [9.17, 15) is 9.18 Å². The summed E-state index contributed by atoms with van der Waals surface area (Å²) in [7, 11) is 1.77. The van der Waals surface area contributed by atoms with E-state index in [1.54, 1.807) is 42.3 Å². The van der Waals surface area contributed by atoms with Crippen LogP contribution >= 0.6 is 23.2 Å². The normalized spacial score (nSPS) is 17.5. The topological polar surface area (TPSA) is 23.6 Å². The summed E-state index contributed by atoms with van der Waals surface area (Å²) in [6, 6.07) is 11.6. The summed E-state index contributed by atoms with van der Waals surface area (Å²) >= 11 is 12.4. The molecule has 1 aliphatic heterocycles. The highest BCUT2D eigenvalue weighted by molar-refractivity contribution is 6.36. The third-order valence-corrected chi connectivity index (χ3v) is 5.49. The highest BCUT2D eigenvalue weighted by Gasteiger charge is 2.32. The minimum atomic E-state index is -0.251. The number of hydrogen-bond donors (Lipinski definition) is 0. The van der Waals surface area contributed by atoms with Gasteiger partial charge in [0.1, 0.15) is 5.82 Å². The van der Waals surface area contributed by atoms with Crippen LogP contribution in [0.5, 0.6) is 0 Å². The van der Waals surface area contributed by atoms with E-state index in [1.165, 1.54) is 12.1 Å². The van der Waals surface area contributed by atoms with Crippen LogP contribution in [0.4, 0.5) is 4.39 Å². The molecule has 2 aromatic rings. The molecule has 138 valence electrons. The molecule has 1 atom stereocenters. The smallest absolute Gasteiger partial charge is 0.239 e. The number of amides is 1. The van der Waals surface area contributed by atoms with Crippen LogP contribution in [0.25, 0.3) is 0 Å². The first-order valence-corrected chi connectivity index (χ1v) is 9.37. The standard InChI is InChI=1S/C20H21Cl2FN2O/c1-24(13-16-17(21)4-2-5-18(16)22)20(26)19-6-3-11-25(19)12-14-7-9-15(23)10-8-14/h2,4-5,7-10,19H,3,6,11-13H2,1H3. The predicted molar refractivity (Wildman–Crippen MR) is 103 cm³/mol. The molecule has 2 aromatic carbocycles. The lowest BCUT2D eigenvalue weighted by Gasteiger charge is -2.28. The van der Waals surface area contributed by atoms with Crippen molar-refractivity contribution in [2.45, 2.75) is 32.0 Å². The zero-order valence-corrected chi connectivity index (χ0v) is 16.1. The summed E-state index contributed by atoms with van der Waals surface area (Å²) in [5, 5.41) is 1.12. The molecule has 26 heavy (non-hydrogen) atoms. The van der Waals surface area contributed by atoms with Crippen LogP contribution in [0, 0.1) is 5.82 Å².